The molecule has 0 aliphatic heterocycles. The number of nitrogens with zero attached hydrogens (tertiary/aromatic N) is 1. The van der Waals surface area contributed by atoms with E-state index in [9.17, 15) is 0 Å². The van der Waals surface area contributed by atoms with Gasteiger partial charge in [0.2, 0.25) is 0 Å². The van der Waals surface area contributed by atoms with Gasteiger partial charge in [0.1, 0.15) is 12.4 Å². The van der Waals surface area contributed by atoms with Gasteiger partial charge in [-0.05, 0) is 29.7 Å². The Labute approximate surface area is 106 Å². The summed E-state index contributed by atoms with van der Waals surface area (Å²) < 4.78 is 5.72. The highest BCUT2D eigenvalue weighted by Gasteiger charge is 2.02. The predicted molar refractivity (Wildman–Crippen MR) is 71.4 cm³/mol. The lowest BCUT2D eigenvalue weighted by Gasteiger charge is -2.07. The molecule has 0 aliphatic rings. The fourth-order valence-corrected chi connectivity index (χ4v) is 1.92. The lowest BCUT2D eigenvalue weighted by atomic mass is 10.1. The number of benzene rings is 2. The van der Waals surface area contributed by atoms with Crippen molar-refractivity contribution in [2.75, 3.05) is 0 Å². The highest BCUT2D eigenvalue weighted by Crippen LogP contribution is 2.18. The van der Waals surface area contributed by atoms with Crippen LogP contribution >= 0.6 is 0 Å². The molecule has 1 heterocycles. The molecule has 0 fully saturated rings. The Balaban J connectivity index is 1.87. The predicted octanol–water partition coefficient (Wildman–Crippen LogP) is 3.61. The van der Waals surface area contributed by atoms with Crippen LogP contribution in [0.15, 0.2) is 60.8 Å². The highest BCUT2D eigenvalue weighted by atomic mass is 16.5. The van der Waals surface area contributed by atoms with Gasteiger partial charge in [0.15, 0.2) is 0 Å². The molecule has 0 atom stereocenters. The van der Waals surface area contributed by atoms with Crippen molar-refractivity contribution in [2.24, 2.45) is 0 Å². The van der Waals surface area contributed by atoms with E-state index in [-0.39, 0.29) is 0 Å². The van der Waals surface area contributed by atoms with Crippen molar-refractivity contribution in [3.63, 3.8) is 0 Å². The van der Waals surface area contributed by atoms with Crippen LogP contribution in [0.3, 0.4) is 0 Å². The Morgan fingerprint density at radius 1 is 1.00 bits per heavy atom. The standard InChI is InChI=1S/C16H12NO/c1-2-7-14(8-3-1)18-12-16-15-9-5-4-6-13(15)10-11-17-16/h2-11H,12H2. The minimum absolute atomic E-state index is 0.478. The molecule has 0 saturated carbocycles. The van der Waals surface area contributed by atoms with Gasteiger partial charge in [-0.25, -0.2) is 0 Å². The van der Waals surface area contributed by atoms with Crippen LogP contribution < -0.4 is 4.74 Å². The maximum absolute atomic E-state index is 5.72. The molecule has 18 heavy (non-hydrogen) atoms. The normalized spacial score (nSPS) is 10.4. The van der Waals surface area contributed by atoms with Crippen LogP contribution in [0.1, 0.15) is 5.69 Å². The number of hydrogen-bond acceptors (Lipinski definition) is 2. The Hall–Kier alpha value is -2.35. The molecular weight excluding hydrogens is 222 g/mol. The Kier molecular flexibility index (Phi) is 2.92. The second-order valence-corrected chi connectivity index (χ2v) is 4.00. The summed E-state index contributed by atoms with van der Waals surface area (Å²) in [6, 6.07) is 20.6. The first-order valence-corrected chi connectivity index (χ1v) is 5.85. The molecular formula is C16H12NO. The first-order valence-electron chi connectivity index (χ1n) is 5.85. The van der Waals surface area contributed by atoms with Crippen LogP contribution in [0, 0.1) is 6.07 Å². The molecule has 2 aromatic carbocycles. The molecule has 0 amide bonds. The summed E-state index contributed by atoms with van der Waals surface area (Å²) in [6.07, 6.45) is 1.82. The van der Waals surface area contributed by atoms with E-state index in [0.717, 1.165) is 16.8 Å². The Morgan fingerprint density at radius 2 is 1.83 bits per heavy atom. The molecule has 0 saturated heterocycles. The molecule has 0 N–H and O–H groups in total. The molecule has 87 valence electrons. The Bertz CT molecular complexity index is 644. The summed E-state index contributed by atoms with van der Waals surface area (Å²) in [5.41, 5.74) is 0.959. The summed E-state index contributed by atoms with van der Waals surface area (Å²) in [6.45, 7) is 0.478. The molecule has 2 heteroatoms. The van der Waals surface area contributed by atoms with E-state index >= 15 is 0 Å². The number of pyridine rings is 1. The van der Waals surface area contributed by atoms with Crippen LogP contribution in [0.4, 0.5) is 0 Å². The van der Waals surface area contributed by atoms with Crippen LogP contribution in [0.2, 0.25) is 0 Å². The number of ether oxygens (including phenoxy) is 1. The van der Waals surface area contributed by atoms with E-state index in [1.807, 2.05) is 48.7 Å². The highest BCUT2D eigenvalue weighted by molar-refractivity contribution is 5.84. The summed E-state index contributed by atoms with van der Waals surface area (Å²) in [7, 11) is 0. The van der Waals surface area contributed by atoms with Gasteiger partial charge >= 0.3 is 0 Å². The molecule has 0 spiro atoms. The van der Waals surface area contributed by atoms with Crippen molar-refractivity contribution in [3.05, 3.63) is 72.6 Å². The van der Waals surface area contributed by atoms with E-state index in [1.165, 1.54) is 5.39 Å². The minimum atomic E-state index is 0.478. The van der Waals surface area contributed by atoms with Crippen LogP contribution in [-0.2, 0) is 6.61 Å². The fourth-order valence-electron chi connectivity index (χ4n) is 1.92. The van der Waals surface area contributed by atoms with Gasteiger partial charge in [-0.1, -0.05) is 36.4 Å². The SMILES string of the molecule is [c]1ccc(OCc2nccc3ccccc23)cc1. The molecule has 3 aromatic rings. The largest absolute Gasteiger partial charge is 0.487 e. The number of rotatable bonds is 3. The summed E-state index contributed by atoms with van der Waals surface area (Å²) in [5.74, 6) is 0.837. The third-order valence-corrected chi connectivity index (χ3v) is 2.82. The average Bonchev–Trinajstić information content (AvgIpc) is 2.46. The van der Waals surface area contributed by atoms with Crippen molar-refractivity contribution in [1.29, 1.82) is 0 Å². The molecule has 3 rings (SSSR count). The summed E-state index contributed by atoms with van der Waals surface area (Å²) >= 11 is 0. The molecule has 1 radical (unpaired) electrons. The number of aromatic nitrogens is 1. The summed E-state index contributed by atoms with van der Waals surface area (Å²) in [5, 5.41) is 2.33. The average molecular weight is 234 g/mol. The lowest BCUT2D eigenvalue weighted by Crippen LogP contribution is -1.98. The number of hydrogen-bond donors (Lipinski definition) is 0. The molecule has 0 unspecified atom stereocenters. The Morgan fingerprint density at radius 3 is 2.72 bits per heavy atom. The van der Waals surface area contributed by atoms with Gasteiger partial charge in [-0.2, -0.15) is 0 Å². The minimum Gasteiger partial charge on any atom is -0.487 e. The van der Waals surface area contributed by atoms with E-state index in [4.69, 9.17) is 4.74 Å². The molecule has 0 bridgehead atoms. The van der Waals surface area contributed by atoms with Crippen LogP contribution in [0.5, 0.6) is 5.75 Å². The van der Waals surface area contributed by atoms with Gasteiger partial charge in [0.25, 0.3) is 0 Å². The number of fused-ring (bicyclic) bond motifs is 1. The third-order valence-electron chi connectivity index (χ3n) is 2.82. The van der Waals surface area contributed by atoms with Crippen molar-refractivity contribution in [2.45, 2.75) is 6.61 Å². The molecule has 2 nitrogen and oxygen atoms in total. The van der Waals surface area contributed by atoms with Crippen molar-refractivity contribution in [3.8, 4) is 5.75 Å². The van der Waals surface area contributed by atoms with Crippen molar-refractivity contribution in [1.82, 2.24) is 4.98 Å². The van der Waals surface area contributed by atoms with E-state index in [1.54, 1.807) is 0 Å². The zero-order valence-electron chi connectivity index (χ0n) is 9.84. The topological polar surface area (TPSA) is 22.1 Å². The second kappa shape index (κ2) is 4.88. The lowest BCUT2D eigenvalue weighted by molar-refractivity contribution is 0.303. The van der Waals surface area contributed by atoms with Crippen molar-refractivity contribution < 1.29 is 4.74 Å². The van der Waals surface area contributed by atoms with Crippen molar-refractivity contribution >= 4 is 10.8 Å². The van der Waals surface area contributed by atoms with Gasteiger partial charge in [-0.15, -0.1) is 0 Å². The quantitative estimate of drug-likeness (QED) is 0.690. The first-order chi connectivity index (χ1) is 8.93. The van der Waals surface area contributed by atoms with E-state index in [2.05, 4.69) is 23.2 Å². The van der Waals surface area contributed by atoms with E-state index < -0.39 is 0 Å². The van der Waals surface area contributed by atoms with E-state index in [0.29, 0.717) is 6.61 Å². The maximum atomic E-state index is 5.72. The zero-order chi connectivity index (χ0) is 12.2. The molecule has 1 aromatic heterocycles. The van der Waals surface area contributed by atoms with Crippen LogP contribution in [0.25, 0.3) is 10.8 Å². The zero-order valence-corrected chi connectivity index (χ0v) is 9.84. The third kappa shape index (κ3) is 2.18. The smallest absolute Gasteiger partial charge is 0.131 e. The van der Waals surface area contributed by atoms with Gasteiger partial charge < -0.3 is 4.74 Å². The van der Waals surface area contributed by atoms with Gasteiger partial charge in [-0.3, -0.25) is 4.98 Å². The fraction of sp³-hybridized carbons (Fsp3) is 0.0625. The van der Waals surface area contributed by atoms with Gasteiger partial charge in [0.05, 0.1) is 5.69 Å². The van der Waals surface area contributed by atoms with Gasteiger partial charge in [0, 0.05) is 11.6 Å². The monoisotopic (exact) mass is 234 g/mol. The summed E-state index contributed by atoms with van der Waals surface area (Å²) in [4.78, 5) is 4.39. The maximum Gasteiger partial charge on any atom is 0.131 e. The first kappa shape index (κ1) is 10.8. The second-order valence-electron chi connectivity index (χ2n) is 4.00. The molecule has 0 aliphatic carbocycles. The van der Waals surface area contributed by atoms with Crippen LogP contribution in [-0.4, -0.2) is 4.98 Å².